The monoisotopic (exact) mass is 238 g/mol. The topological polar surface area (TPSA) is 52.8 Å². The van der Waals surface area contributed by atoms with Gasteiger partial charge in [0.05, 0.1) is 19.3 Å². The molecule has 2 heterocycles. The standard InChI is InChI=1S/C10H14N4OS/c1-3-15-5-4-14-9-8(6-13-14)11-7-12-10(9)16-2/h6-7H,3-5H2,1-2H3. The molecule has 0 aromatic carbocycles. The van der Waals surface area contributed by atoms with Crippen molar-refractivity contribution in [2.75, 3.05) is 19.5 Å². The first-order valence-corrected chi connectivity index (χ1v) is 6.37. The Hall–Kier alpha value is -1.14. The molecule has 2 aromatic heterocycles. The van der Waals surface area contributed by atoms with Crippen LogP contribution in [-0.4, -0.2) is 39.2 Å². The quantitative estimate of drug-likeness (QED) is 0.450. The van der Waals surface area contributed by atoms with Crippen molar-refractivity contribution in [2.45, 2.75) is 18.5 Å². The molecule has 0 aliphatic carbocycles. The van der Waals surface area contributed by atoms with E-state index in [-0.39, 0.29) is 0 Å². The van der Waals surface area contributed by atoms with Crippen LogP contribution in [0.1, 0.15) is 6.92 Å². The lowest BCUT2D eigenvalue weighted by Gasteiger charge is -2.05. The fourth-order valence-corrected chi connectivity index (χ4v) is 2.06. The summed E-state index contributed by atoms with van der Waals surface area (Å²) < 4.78 is 7.22. The summed E-state index contributed by atoms with van der Waals surface area (Å²) in [5.74, 6) is 0. The summed E-state index contributed by atoms with van der Waals surface area (Å²) in [6.45, 7) is 4.11. The molecule has 0 fully saturated rings. The zero-order valence-electron chi connectivity index (χ0n) is 9.38. The normalized spacial score (nSPS) is 11.1. The molecule has 6 heteroatoms. The largest absolute Gasteiger partial charge is 0.380 e. The molecule has 16 heavy (non-hydrogen) atoms. The predicted molar refractivity (Wildman–Crippen MR) is 63.6 cm³/mol. The summed E-state index contributed by atoms with van der Waals surface area (Å²) in [4.78, 5) is 8.43. The highest BCUT2D eigenvalue weighted by Crippen LogP contribution is 2.21. The van der Waals surface area contributed by atoms with Crippen LogP contribution in [-0.2, 0) is 11.3 Å². The molecular weight excluding hydrogens is 224 g/mol. The number of nitrogens with zero attached hydrogens (tertiary/aromatic N) is 4. The molecule has 0 aliphatic heterocycles. The van der Waals surface area contributed by atoms with Gasteiger partial charge in [-0.2, -0.15) is 5.10 Å². The first-order valence-electron chi connectivity index (χ1n) is 5.15. The maximum Gasteiger partial charge on any atom is 0.125 e. The maximum absolute atomic E-state index is 5.32. The minimum absolute atomic E-state index is 0.663. The van der Waals surface area contributed by atoms with Gasteiger partial charge in [0.25, 0.3) is 0 Å². The highest BCUT2D eigenvalue weighted by molar-refractivity contribution is 7.98. The van der Waals surface area contributed by atoms with Crippen molar-refractivity contribution in [1.29, 1.82) is 0 Å². The van der Waals surface area contributed by atoms with E-state index < -0.39 is 0 Å². The van der Waals surface area contributed by atoms with Crippen molar-refractivity contribution in [3.8, 4) is 0 Å². The van der Waals surface area contributed by atoms with Gasteiger partial charge in [0.1, 0.15) is 22.4 Å². The molecule has 0 saturated carbocycles. The van der Waals surface area contributed by atoms with Gasteiger partial charge in [-0.05, 0) is 13.2 Å². The van der Waals surface area contributed by atoms with Crippen LogP contribution < -0.4 is 0 Å². The van der Waals surface area contributed by atoms with Gasteiger partial charge >= 0.3 is 0 Å². The second-order valence-corrected chi connectivity index (χ2v) is 3.98. The van der Waals surface area contributed by atoms with Crippen molar-refractivity contribution in [3.63, 3.8) is 0 Å². The number of hydrogen-bond donors (Lipinski definition) is 0. The maximum atomic E-state index is 5.32. The summed E-state index contributed by atoms with van der Waals surface area (Å²) in [5.41, 5.74) is 1.88. The van der Waals surface area contributed by atoms with Crippen LogP contribution in [0.25, 0.3) is 11.0 Å². The number of fused-ring (bicyclic) bond motifs is 1. The summed E-state index contributed by atoms with van der Waals surface area (Å²) in [6.07, 6.45) is 5.34. The van der Waals surface area contributed by atoms with E-state index >= 15 is 0 Å². The first kappa shape index (κ1) is 11.3. The number of thioether (sulfide) groups is 1. The van der Waals surface area contributed by atoms with Gasteiger partial charge in [-0.1, -0.05) is 0 Å². The fraction of sp³-hybridized carbons (Fsp3) is 0.500. The lowest BCUT2D eigenvalue weighted by molar-refractivity contribution is 0.137. The van der Waals surface area contributed by atoms with Crippen LogP contribution >= 0.6 is 11.8 Å². The van der Waals surface area contributed by atoms with E-state index in [1.165, 1.54) is 0 Å². The van der Waals surface area contributed by atoms with E-state index in [0.717, 1.165) is 29.2 Å². The molecule has 0 radical (unpaired) electrons. The molecule has 0 N–H and O–H groups in total. The lowest BCUT2D eigenvalue weighted by Crippen LogP contribution is -2.07. The van der Waals surface area contributed by atoms with E-state index in [1.54, 1.807) is 24.3 Å². The van der Waals surface area contributed by atoms with E-state index in [4.69, 9.17) is 4.74 Å². The summed E-state index contributed by atoms with van der Waals surface area (Å²) in [7, 11) is 0. The van der Waals surface area contributed by atoms with Crippen molar-refractivity contribution < 1.29 is 4.74 Å². The smallest absolute Gasteiger partial charge is 0.125 e. The Kier molecular flexibility index (Phi) is 3.74. The number of ether oxygens (including phenoxy) is 1. The molecule has 5 nitrogen and oxygen atoms in total. The summed E-state index contributed by atoms with van der Waals surface area (Å²) in [5, 5.41) is 5.25. The second-order valence-electron chi connectivity index (χ2n) is 3.18. The third kappa shape index (κ3) is 2.17. The Morgan fingerprint density at radius 2 is 2.31 bits per heavy atom. The zero-order chi connectivity index (χ0) is 11.4. The molecule has 0 aliphatic rings. The average molecular weight is 238 g/mol. The van der Waals surface area contributed by atoms with Crippen LogP contribution in [0.2, 0.25) is 0 Å². The van der Waals surface area contributed by atoms with Gasteiger partial charge in [-0.3, -0.25) is 4.68 Å². The highest BCUT2D eigenvalue weighted by Gasteiger charge is 2.09. The van der Waals surface area contributed by atoms with E-state index in [2.05, 4.69) is 15.1 Å². The van der Waals surface area contributed by atoms with Crippen LogP contribution in [0.3, 0.4) is 0 Å². The molecule has 86 valence electrons. The van der Waals surface area contributed by atoms with Gasteiger partial charge < -0.3 is 4.74 Å². The zero-order valence-corrected chi connectivity index (χ0v) is 10.2. The van der Waals surface area contributed by atoms with Gasteiger partial charge in [-0.15, -0.1) is 11.8 Å². The molecule has 2 aromatic rings. The molecule has 0 saturated heterocycles. The summed E-state index contributed by atoms with van der Waals surface area (Å²) >= 11 is 1.60. The Morgan fingerprint density at radius 1 is 1.44 bits per heavy atom. The molecule has 0 amide bonds. The van der Waals surface area contributed by atoms with Gasteiger partial charge in [0.2, 0.25) is 0 Å². The van der Waals surface area contributed by atoms with Crippen LogP contribution in [0.5, 0.6) is 0 Å². The van der Waals surface area contributed by atoms with Gasteiger partial charge in [0.15, 0.2) is 0 Å². The van der Waals surface area contributed by atoms with E-state index in [0.29, 0.717) is 6.61 Å². The molecular formula is C10H14N4OS. The van der Waals surface area contributed by atoms with Crippen molar-refractivity contribution in [1.82, 2.24) is 19.7 Å². The fourth-order valence-electron chi connectivity index (χ4n) is 1.51. The average Bonchev–Trinajstić information content (AvgIpc) is 2.73. The summed E-state index contributed by atoms with van der Waals surface area (Å²) in [6, 6.07) is 0. The molecule has 0 atom stereocenters. The predicted octanol–water partition coefficient (Wildman–Crippen LogP) is 1.58. The Bertz CT molecular complexity index is 471. The third-order valence-electron chi connectivity index (χ3n) is 2.24. The van der Waals surface area contributed by atoms with Gasteiger partial charge in [0, 0.05) is 6.61 Å². The Labute approximate surface area is 98.2 Å². The van der Waals surface area contributed by atoms with E-state index in [9.17, 15) is 0 Å². The van der Waals surface area contributed by atoms with Gasteiger partial charge in [-0.25, -0.2) is 9.97 Å². The van der Waals surface area contributed by atoms with Crippen LogP contribution in [0, 0.1) is 0 Å². The Balaban J connectivity index is 2.30. The van der Waals surface area contributed by atoms with Crippen LogP contribution in [0.15, 0.2) is 17.6 Å². The molecule has 2 rings (SSSR count). The molecule has 0 spiro atoms. The minimum atomic E-state index is 0.663. The first-order chi connectivity index (χ1) is 7.86. The molecule has 0 unspecified atom stereocenters. The Morgan fingerprint density at radius 3 is 3.06 bits per heavy atom. The second kappa shape index (κ2) is 5.27. The van der Waals surface area contributed by atoms with Crippen molar-refractivity contribution in [2.24, 2.45) is 0 Å². The minimum Gasteiger partial charge on any atom is -0.380 e. The number of rotatable bonds is 5. The van der Waals surface area contributed by atoms with Crippen molar-refractivity contribution >= 4 is 22.8 Å². The third-order valence-corrected chi connectivity index (χ3v) is 2.92. The van der Waals surface area contributed by atoms with Crippen LogP contribution in [0.4, 0.5) is 0 Å². The number of hydrogen-bond acceptors (Lipinski definition) is 5. The van der Waals surface area contributed by atoms with E-state index in [1.807, 2.05) is 17.9 Å². The SMILES string of the molecule is CCOCCn1ncc2ncnc(SC)c21. The van der Waals surface area contributed by atoms with Crippen molar-refractivity contribution in [3.05, 3.63) is 12.5 Å². The number of aromatic nitrogens is 4. The molecule has 0 bridgehead atoms. The lowest BCUT2D eigenvalue weighted by atomic mass is 10.4. The highest BCUT2D eigenvalue weighted by atomic mass is 32.2.